The van der Waals surface area contributed by atoms with E-state index in [2.05, 4.69) is 38.0 Å². The minimum absolute atomic E-state index is 0.00184. The van der Waals surface area contributed by atoms with Crippen LogP contribution in [0.1, 0.15) is 44.8 Å². The Morgan fingerprint density at radius 2 is 1.76 bits per heavy atom. The first-order valence-electron chi connectivity index (χ1n) is 7.25. The zero-order valence-corrected chi connectivity index (χ0v) is 13.8. The van der Waals surface area contributed by atoms with Crippen LogP contribution in [0, 0.1) is 0 Å². The number of halogens is 1. The Kier molecular flexibility index (Phi) is 4.84. The van der Waals surface area contributed by atoms with Gasteiger partial charge in [0.15, 0.2) is 0 Å². The molecule has 4 heteroatoms. The molecule has 0 aliphatic carbocycles. The average Bonchev–Trinajstić information content (AvgIpc) is 2.41. The zero-order valence-electron chi connectivity index (χ0n) is 13.1. The first kappa shape index (κ1) is 15.8. The van der Waals surface area contributed by atoms with Gasteiger partial charge in [0.2, 0.25) is 0 Å². The van der Waals surface area contributed by atoms with E-state index in [-0.39, 0.29) is 5.41 Å². The highest BCUT2D eigenvalue weighted by atomic mass is 35.5. The fraction of sp³-hybridized carbons (Fsp3) is 0.412. The van der Waals surface area contributed by atoms with Gasteiger partial charge >= 0.3 is 0 Å². The summed E-state index contributed by atoms with van der Waals surface area (Å²) in [6, 6.07) is 9.87. The Labute approximate surface area is 131 Å². The molecule has 1 aromatic carbocycles. The van der Waals surface area contributed by atoms with E-state index >= 15 is 0 Å². The molecule has 0 unspecified atom stereocenters. The van der Waals surface area contributed by atoms with Crippen molar-refractivity contribution >= 4 is 17.4 Å². The lowest BCUT2D eigenvalue weighted by atomic mass is 9.92. The van der Waals surface area contributed by atoms with Gasteiger partial charge in [0.05, 0.1) is 5.69 Å². The van der Waals surface area contributed by atoms with Crippen molar-refractivity contribution in [1.82, 2.24) is 9.97 Å². The minimum atomic E-state index is 0.00184. The minimum Gasteiger partial charge on any atom is -0.370 e. The number of benzene rings is 1. The predicted molar refractivity (Wildman–Crippen MR) is 89.2 cm³/mol. The molecule has 1 aromatic heterocycles. The van der Waals surface area contributed by atoms with Crippen molar-refractivity contribution in [3.05, 3.63) is 52.4 Å². The molecule has 2 aromatic rings. The molecule has 21 heavy (non-hydrogen) atoms. The van der Waals surface area contributed by atoms with E-state index in [1.165, 1.54) is 0 Å². The van der Waals surface area contributed by atoms with Gasteiger partial charge in [-0.25, -0.2) is 9.97 Å². The molecule has 0 fully saturated rings. The van der Waals surface area contributed by atoms with Crippen molar-refractivity contribution in [3.8, 4) is 0 Å². The van der Waals surface area contributed by atoms with Gasteiger partial charge in [-0.1, -0.05) is 44.5 Å². The van der Waals surface area contributed by atoms with E-state index in [0.29, 0.717) is 6.42 Å². The quantitative estimate of drug-likeness (QED) is 0.906. The van der Waals surface area contributed by atoms with Crippen LogP contribution in [0.3, 0.4) is 0 Å². The smallest absolute Gasteiger partial charge is 0.135 e. The summed E-state index contributed by atoms with van der Waals surface area (Å²) in [4.78, 5) is 9.32. The first-order valence-corrected chi connectivity index (χ1v) is 7.63. The first-order chi connectivity index (χ1) is 9.88. The van der Waals surface area contributed by atoms with Crippen LogP contribution in [-0.4, -0.2) is 16.5 Å². The van der Waals surface area contributed by atoms with E-state index in [1.807, 2.05) is 30.3 Å². The summed E-state index contributed by atoms with van der Waals surface area (Å²) in [5.41, 5.74) is 2.22. The average molecular weight is 304 g/mol. The third-order valence-electron chi connectivity index (χ3n) is 3.17. The molecule has 2 rings (SSSR count). The van der Waals surface area contributed by atoms with Crippen LogP contribution >= 0.6 is 11.6 Å². The molecule has 1 heterocycles. The summed E-state index contributed by atoms with van der Waals surface area (Å²) in [5, 5.41) is 4.03. The lowest BCUT2D eigenvalue weighted by molar-refractivity contribution is 0.563. The fourth-order valence-corrected chi connectivity index (χ4v) is 2.14. The lowest BCUT2D eigenvalue weighted by Crippen LogP contribution is -2.17. The van der Waals surface area contributed by atoms with Crippen molar-refractivity contribution in [2.24, 2.45) is 0 Å². The summed E-state index contributed by atoms with van der Waals surface area (Å²) < 4.78 is 0. The monoisotopic (exact) mass is 303 g/mol. The number of aromatic nitrogens is 2. The Morgan fingerprint density at radius 1 is 1.10 bits per heavy atom. The molecule has 0 saturated carbocycles. The molecule has 0 radical (unpaired) electrons. The second-order valence-corrected chi connectivity index (χ2v) is 6.57. The summed E-state index contributed by atoms with van der Waals surface area (Å²) in [6.07, 6.45) is 0.708. The Hall–Kier alpha value is -1.61. The molecule has 0 spiro atoms. The van der Waals surface area contributed by atoms with Crippen LogP contribution in [0.4, 0.5) is 5.82 Å². The maximum atomic E-state index is 5.92. The summed E-state index contributed by atoms with van der Waals surface area (Å²) >= 11 is 5.92. The third-order valence-corrected chi connectivity index (χ3v) is 3.43. The van der Waals surface area contributed by atoms with E-state index in [0.717, 1.165) is 34.5 Å². The van der Waals surface area contributed by atoms with Crippen molar-refractivity contribution < 1.29 is 0 Å². The predicted octanol–water partition coefficient (Wildman–Crippen LogP) is 4.45. The fourth-order valence-electron chi connectivity index (χ4n) is 2.02. The molecular weight excluding hydrogens is 282 g/mol. The largest absolute Gasteiger partial charge is 0.370 e. The molecule has 1 N–H and O–H groups in total. The summed E-state index contributed by atoms with van der Waals surface area (Å²) in [6.45, 7) is 9.41. The van der Waals surface area contributed by atoms with Gasteiger partial charge in [-0.15, -0.1) is 0 Å². The van der Waals surface area contributed by atoms with Crippen LogP contribution in [0.2, 0.25) is 5.02 Å². The Bertz CT molecular complexity index is 600. The second-order valence-electron chi connectivity index (χ2n) is 6.14. The van der Waals surface area contributed by atoms with Crippen LogP contribution in [0.15, 0.2) is 30.3 Å². The standard InChI is InChI=1S/C17H22ClN3/c1-5-19-15-11-14(17(2,3)4)20-16(21-15)10-12-6-8-13(18)9-7-12/h6-9,11H,5,10H2,1-4H3,(H,19,20,21). The van der Waals surface area contributed by atoms with E-state index < -0.39 is 0 Å². The van der Waals surface area contributed by atoms with Gasteiger partial charge < -0.3 is 5.32 Å². The number of hydrogen-bond donors (Lipinski definition) is 1. The molecule has 0 amide bonds. The highest BCUT2D eigenvalue weighted by Crippen LogP contribution is 2.23. The molecule has 0 aliphatic rings. The molecule has 0 aliphatic heterocycles. The van der Waals surface area contributed by atoms with Crippen LogP contribution < -0.4 is 5.32 Å². The highest BCUT2D eigenvalue weighted by molar-refractivity contribution is 6.30. The maximum absolute atomic E-state index is 5.92. The number of hydrogen-bond acceptors (Lipinski definition) is 3. The second kappa shape index (κ2) is 6.44. The Balaban J connectivity index is 2.33. The van der Waals surface area contributed by atoms with Crippen LogP contribution in [0.5, 0.6) is 0 Å². The molecule has 0 bridgehead atoms. The molecule has 112 valence electrons. The van der Waals surface area contributed by atoms with Gasteiger partial charge in [0, 0.05) is 29.5 Å². The Morgan fingerprint density at radius 3 is 2.33 bits per heavy atom. The summed E-state index contributed by atoms with van der Waals surface area (Å²) in [7, 11) is 0. The van der Waals surface area contributed by atoms with Gasteiger partial charge in [0.1, 0.15) is 11.6 Å². The molecule has 0 saturated heterocycles. The van der Waals surface area contributed by atoms with Crippen molar-refractivity contribution in [2.75, 3.05) is 11.9 Å². The van der Waals surface area contributed by atoms with Gasteiger partial charge in [-0.2, -0.15) is 0 Å². The number of nitrogens with one attached hydrogen (secondary N) is 1. The van der Waals surface area contributed by atoms with Crippen LogP contribution in [0.25, 0.3) is 0 Å². The zero-order chi connectivity index (χ0) is 15.5. The van der Waals surface area contributed by atoms with Gasteiger partial charge in [-0.3, -0.25) is 0 Å². The molecule has 3 nitrogen and oxygen atoms in total. The van der Waals surface area contributed by atoms with Gasteiger partial charge in [-0.05, 0) is 24.6 Å². The van der Waals surface area contributed by atoms with E-state index in [1.54, 1.807) is 0 Å². The SMILES string of the molecule is CCNc1cc(C(C)(C)C)nc(Cc2ccc(Cl)cc2)n1. The topological polar surface area (TPSA) is 37.8 Å². The number of anilines is 1. The van der Waals surface area contributed by atoms with Gasteiger partial charge in [0.25, 0.3) is 0 Å². The molecule has 0 atom stereocenters. The van der Waals surface area contributed by atoms with Crippen molar-refractivity contribution in [1.29, 1.82) is 0 Å². The third kappa shape index (κ3) is 4.43. The van der Waals surface area contributed by atoms with E-state index in [4.69, 9.17) is 16.6 Å². The summed E-state index contributed by atoms with van der Waals surface area (Å²) in [5.74, 6) is 1.72. The van der Waals surface area contributed by atoms with Crippen molar-refractivity contribution in [3.63, 3.8) is 0 Å². The van der Waals surface area contributed by atoms with E-state index in [9.17, 15) is 0 Å². The molecular formula is C17H22ClN3. The lowest BCUT2D eigenvalue weighted by Gasteiger charge is -2.19. The highest BCUT2D eigenvalue weighted by Gasteiger charge is 2.18. The van der Waals surface area contributed by atoms with Crippen molar-refractivity contribution in [2.45, 2.75) is 39.5 Å². The maximum Gasteiger partial charge on any atom is 0.135 e. The normalized spacial score (nSPS) is 11.5. The number of rotatable bonds is 4. The van der Waals surface area contributed by atoms with Crippen LogP contribution in [-0.2, 0) is 11.8 Å². The number of nitrogens with zero attached hydrogens (tertiary/aromatic N) is 2.